The fourth-order valence-corrected chi connectivity index (χ4v) is 4.68. The number of halogens is 1. The van der Waals surface area contributed by atoms with Gasteiger partial charge in [-0.25, -0.2) is 4.39 Å². The predicted molar refractivity (Wildman–Crippen MR) is 124 cm³/mol. The Morgan fingerprint density at radius 2 is 1.68 bits per heavy atom. The zero-order valence-electron chi connectivity index (χ0n) is 19.0. The number of ether oxygens (including phenoxy) is 1. The van der Waals surface area contributed by atoms with Crippen molar-refractivity contribution in [3.05, 3.63) is 66.0 Å². The zero-order chi connectivity index (χ0) is 22.3. The van der Waals surface area contributed by atoms with Gasteiger partial charge in [0.2, 0.25) is 0 Å². The highest BCUT2D eigenvalue weighted by Crippen LogP contribution is 2.38. The minimum absolute atomic E-state index is 0.114. The van der Waals surface area contributed by atoms with Gasteiger partial charge in [-0.15, -0.1) is 0 Å². The average molecular weight is 427 g/mol. The number of carbonyl (C=O) groups is 1. The van der Waals surface area contributed by atoms with E-state index in [1.54, 1.807) is 0 Å². The molecule has 2 aromatic rings. The molecule has 0 aliphatic carbocycles. The van der Waals surface area contributed by atoms with E-state index in [1.807, 2.05) is 37.3 Å². The molecule has 1 unspecified atom stereocenters. The molecule has 0 saturated carbocycles. The number of nitrogens with zero attached hydrogens (tertiary/aromatic N) is 2. The van der Waals surface area contributed by atoms with Gasteiger partial charge in [0.15, 0.2) is 0 Å². The number of piperazine rings is 1. The first-order valence-corrected chi connectivity index (χ1v) is 11.4. The second-order valence-electron chi connectivity index (χ2n) is 8.62. The molecule has 1 aliphatic rings. The highest BCUT2D eigenvalue weighted by Gasteiger charge is 2.44. The fraction of sp³-hybridized carbons (Fsp3) is 0.500. The molecule has 1 heterocycles. The van der Waals surface area contributed by atoms with Gasteiger partial charge in [-0.3, -0.25) is 9.69 Å². The first-order chi connectivity index (χ1) is 15.0. The topological polar surface area (TPSA) is 32.8 Å². The van der Waals surface area contributed by atoms with Gasteiger partial charge in [-0.1, -0.05) is 44.2 Å². The Morgan fingerprint density at radius 3 is 2.26 bits per heavy atom. The maximum Gasteiger partial charge on any atom is 0.316 e. The molecule has 1 saturated heterocycles. The van der Waals surface area contributed by atoms with Crippen LogP contribution in [0.25, 0.3) is 0 Å². The van der Waals surface area contributed by atoms with Crippen molar-refractivity contribution in [2.45, 2.75) is 39.0 Å². The molecule has 0 bridgehead atoms. The molecule has 1 aliphatic heterocycles. The molecule has 5 heteroatoms. The summed E-state index contributed by atoms with van der Waals surface area (Å²) in [6, 6.07) is 16.8. The Labute approximate surface area is 186 Å². The second-order valence-corrected chi connectivity index (χ2v) is 8.62. The summed E-state index contributed by atoms with van der Waals surface area (Å²) < 4.78 is 18.7. The summed E-state index contributed by atoms with van der Waals surface area (Å²) in [6.07, 6.45) is 1.70. The van der Waals surface area contributed by atoms with Crippen LogP contribution in [0.15, 0.2) is 54.6 Å². The summed E-state index contributed by atoms with van der Waals surface area (Å²) in [5.41, 5.74) is 1.50. The SMILES string of the molecule is CCOC(=O)C(CCCN1CCN(c2ccc(F)cc2)CC1)(c1ccccc1)C(C)C. The quantitative estimate of drug-likeness (QED) is 0.535. The van der Waals surface area contributed by atoms with E-state index < -0.39 is 5.41 Å². The van der Waals surface area contributed by atoms with Crippen molar-refractivity contribution in [1.29, 1.82) is 0 Å². The van der Waals surface area contributed by atoms with E-state index in [-0.39, 0.29) is 17.7 Å². The Kier molecular flexibility index (Phi) is 8.08. The number of anilines is 1. The van der Waals surface area contributed by atoms with E-state index in [9.17, 15) is 9.18 Å². The Balaban J connectivity index is 1.61. The van der Waals surface area contributed by atoms with E-state index in [0.29, 0.717) is 6.61 Å². The molecule has 4 nitrogen and oxygen atoms in total. The molecule has 0 amide bonds. The average Bonchev–Trinajstić information content (AvgIpc) is 2.78. The Morgan fingerprint density at radius 1 is 1.03 bits per heavy atom. The summed E-state index contributed by atoms with van der Waals surface area (Å²) in [5.74, 6) is -0.169. The lowest BCUT2D eigenvalue weighted by Gasteiger charge is -2.38. The maximum atomic E-state index is 13.2. The third kappa shape index (κ3) is 5.45. The molecule has 2 aromatic carbocycles. The molecule has 1 atom stereocenters. The summed E-state index contributed by atoms with van der Waals surface area (Å²) in [7, 11) is 0. The van der Waals surface area contributed by atoms with Crippen LogP contribution in [-0.4, -0.2) is 50.2 Å². The summed E-state index contributed by atoms with van der Waals surface area (Å²) >= 11 is 0. The fourth-order valence-electron chi connectivity index (χ4n) is 4.68. The van der Waals surface area contributed by atoms with Crippen LogP contribution in [0.5, 0.6) is 0 Å². The van der Waals surface area contributed by atoms with Crippen LogP contribution in [0.2, 0.25) is 0 Å². The van der Waals surface area contributed by atoms with Gasteiger partial charge in [0, 0.05) is 31.9 Å². The van der Waals surface area contributed by atoms with E-state index in [4.69, 9.17) is 4.74 Å². The van der Waals surface area contributed by atoms with Gasteiger partial charge in [0.1, 0.15) is 5.82 Å². The third-order valence-corrected chi connectivity index (χ3v) is 6.52. The van der Waals surface area contributed by atoms with Crippen LogP contribution in [0.4, 0.5) is 10.1 Å². The normalized spacial score (nSPS) is 16.9. The van der Waals surface area contributed by atoms with Crippen molar-refractivity contribution in [2.24, 2.45) is 5.92 Å². The maximum absolute atomic E-state index is 13.2. The molecule has 31 heavy (non-hydrogen) atoms. The number of carbonyl (C=O) groups excluding carboxylic acids is 1. The van der Waals surface area contributed by atoms with Crippen molar-refractivity contribution in [1.82, 2.24) is 4.90 Å². The molecule has 0 radical (unpaired) electrons. The lowest BCUT2D eigenvalue weighted by Crippen LogP contribution is -2.47. The molecular weight excluding hydrogens is 391 g/mol. The van der Waals surface area contributed by atoms with Gasteiger partial charge >= 0.3 is 5.97 Å². The van der Waals surface area contributed by atoms with E-state index in [1.165, 1.54) is 12.1 Å². The van der Waals surface area contributed by atoms with Crippen molar-refractivity contribution < 1.29 is 13.9 Å². The Bertz CT molecular complexity index is 817. The number of hydrogen-bond acceptors (Lipinski definition) is 4. The van der Waals surface area contributed by atoms with Gasteiger partial charge in [0.25, 0.3) is 0 Å². The van der Waals surface area contributed by atoms with Crippen molar-refractivity contribution in [2.75, 3.05) is 44.2 Å². The summed E-state index contributed by atoms with van der Waals surface area (Å²) in [6.45, 7) is 11.2. The van der Waals surface area contributed by atoms with Crippen molar-refractivity contribution in [3.63, 3.8) is 0 Å². The molecule has 0 N–H and O–H groups in total. The zero-order valence-corrected chi connectivity index (χ0v) is 19.0. The van der Waals surface area contributed by atoms with Crippen LogP contribution in [0.3, 0.4) is 0 Å². The van der Waals surface area contributed by atoms with Crippen LogP contribution in [0, 0.1) is 11.7 Å². The largest absolute Gasteiger partial charge is 0.465 e. The van der Waals surface area contributed by atoms with E-state index in [2.05, 4.69) is 35.8 Å². The van der Waals surface area contributed by atoms with Gasteiger partial charge in [-0.2, -0.15) is 0 Å². The monoisotopic (exact) mass is 426 g/mol. The molecule has 0 spiro atoms. The van der Waals surface area contributed by atoms with Crippen LogP contribution < -0.4 is 4.90 Å². The first-order valence-electron chi connectivity index (χ1n) is 11.4. The highest BCUT2D eigenvalue weighted by molar-refractivity contribution is 5.83. The number of esters is 1. The number of rotatable bonds is 9. The minimum atomic E-state index is -0.618. The minimum Gasteiger partial charge on any atom is -0.465 e. The van der Waals surface area contributed by atoms with Crippen LogP contribution in [0.1, 0.15) is 39.2 Å². The molecule has 0 aromatic heterocycles. The Hall–Kier alpha value is -2.40. The summed E-state index contributed by atoms with van der Waals surface area (Å²) in [5, 5.41) is 0. The lowest BCUT2D eigenvalue weighted by atomic mass is 9.68. The van der Waals surface area contributed by atoms with Crippen LogP contribution in [-0.2, 0) is 14.9 Å². The van der Waals surface area contributed by atoms with Crippen molar-refractivity contribution >= 4 is 11.7 Å². The smallest absolute Gasteiger partial charge is 0.316 e. The molecule has 3 rings (SSSR count). The van der Waals surface area contributed by atoms with E-state index in [0.717, 1.165) is 56.8 Å². The third-order valence-electron chi connectivity index (χ3n) is 6.52. The number of hydrogen-bond donors (Lipinski definition) is 0. The van der Waals surface area contributed by atoms with Gasteiger partial charge in [0.05, 0.1) is 12.0 Å². The van der Waals surface area contributed by atoms with E-state index >= 15 is 0 Å². The molecule has 1 fully saturated rings. The number of benzene rings is 2. The van der Waals surface area contributed by atoms with Gasteiger partial charge in [-0.05, 0) is 62.1 Å². The summed E-state index contributed by atoms with van der Waals surface area (Å²) in [4.78, 5) is 17.9. The first kappa shape index (κ1) is 23.3. The standard InChI is InChI=1S/C26H35FN2O2/c1-4-31-25(30)26(21(2)3,22-9-6-5-7-10-22)15-8-16-28-17-19-29(20-18-28)24-13-11-23(27)12-14-24/h5-7,9-14,21H,4,8,15-20H2,1-3H3. The molecular formula is C26H35FN2O2. The predicted octanol–water partition coefficient (Wildman–Crippen LogP) is 4.89. The molecule has 168 valence electrons. The lowest BCUT2D eigenvalue weighted by molar-refractivity contribution is -0.152. The van der Waals surface area contributed by atoms with Crippen molar-refractivity contribution in [3.8, 4) is 0 Å². The van der Waals surface area contributed by atoms with Crippen LogP contribution >= 0.6 is 0 Å². The second kappa shape index (κ2) is 10.8. The van der Waals surface area contributed by atoms with Gasteiger partial charge < -0.3 is 9.64 Å². The highest BCUT2D eigenvalue weighted by atomic mass is 19.1.